The molecule has 1 atom stereocenters. The van der Waals surface area contributed by atoms with Gasteiger partial charge in [0.2, 0.25) is 0 Å². The molecular weight excluding hydrogens is 214 g/mol. The number of benzene rings is 1. The summed E-state index contributed by atoms with van der Waals surface area (Å²) in [4.78, 5) is 2.22. The van der Waals surface area contributed by atoms with E-state index in [1.54, 1.807) is 0 Å². The number of para-hydroxylation sites is 1. The Hall–Kier alpha value is -1.71. The van der Waals surface area contributed by atoms with Crippen LogP contribution in [0.25, 0.3) is 0 Å². The van der Waals surface area contributed by atoms with Crippen molar-refractivity contribution in [3.63, 3.8) is 0 Å². The number of aryl methyl sites for hydroxylation is 1. The molecule has 0 bridgehead atoms. The number of amidine groups is 1. The first kappa shape index (κ1) is 11.8. The molecule has 0 aliphatic carbocycles. The fourth-order valence-electron chi connectivity index (χ4n) is 2.37. The second kappa shape index (κ2) is 5.08. The molecule has 1 aromatic rings. The lowest BCUT2D eigenvalue weighted by atomic mass is 10.1. The van der Waals surface area contributed by atoms with E-state index in [0.717, 1.165) is 19.4 Å². The molecule has 0 amide bonds. The van der Waals surface area contributed by atoms with Crippen LogP contribution in [0.4, 0.5) is 5.69 Å². The molecule has 17 heavy (non-hydrogen) atoms. The molecule has 1 aliphatic rings. The van der Waals surface area contributed by atoms with E-state index in [1.165, 1.54) is 17.7 Å². The number of nitrogens with zero attached hydrogens (tertiary/aromatic N) is 2. The number of nitrogens with two attached hydrogens (primary N) is 1. The maximum Gasteiger partial charge on any atom is 0.161 e. The van der Waals surface area contributed by atoms with Crippen LogP contribution >= 0.6 is 0 Å². The molecule has 4 nitrogen and oxygen atoms in total. The largest absolute Gasteiger partial charge is 0.409 e. The summed E-state index contributed by atoms with van der Waals surface area (Å²) in [5.74, 6) is 0.265. The Balaban J connectivity index is 2.34. The van der Waals surface area contributed by atoms with Gasteiger partial charge in [0, 0.05) is 12.2 Å². The van der Waals surface area contributed by atoms with Gasteiger partial charge in [-0.15, -0.1) is 0 Å². The third kappa shape index (κ3) is 2.35. The highest BCUT2D eigenvalue weighted by atomic mass is 16.4. The van der Waals surface area contributed by atoms with Gasteiger partial charge in [0.1, 0.15) is 0 Å². The Labute approximate surface area is 102 Å². The van der Waals surface area contributed by atoms with Crippen LogP contribution in [0.3, 0.4) is 0 Å². The van der Waals surface area contributed by atoms with Crippen molar-refractivity contribution in [1.29, 1.82) is 0 Å². The minimum Gasteiger partial charge on any atom is -0.409 e. The lowest BCUT2D eigenvalue weighted by Gasteiger charge is -2.30. The van der Waals surface area contributed by atoms with Gasteiger partial charge in [-0.2, -0.15) is 0 Å². The van der Waals surface area contributed by atoms with Crippen molar-refractivity contribution in [1.82, 2.24) is 0 Å². The Morgan fingerprint density at radius 1 is 1.41 bits per heavy atom. The van der Waals surface area contributed by atoms with E-state index < -0.39 is 0 Å². The highest BCUT2D eigenvalue weighted by Crippen LogP contribution is 2.27. The van der Waals surface area contributed by atoms with Gasteiger partial charge in [-0.1, -0.05) is 23.4 Å². The second-order valence-electron chi connectivity index (χ2n) is 4.48. The fourth-order valence-corrected chi connectivity index (χ4v) is 2.37. The molecule has 3 N–H and O–H groups in total. The van der Waals surface area contributed by atoms with Gasteiger partial charge in [-0.05, 0) is 37.8 Å². The minimum atomic E-state index is -0.0701. The Morgan fingerprint density at radius 2 is 2.18 bits per heavy atom. The minimum absolute atomic E-state index is 0.0701. The van der Waals surface area contributed by atoms with E-state index in [1.807, 2.05) is 13.0 Å². The number of rotatable bonds is 2. The SMILES string of the molecule is CC(C(N)=NO)N1CCCCc2ccccc21. The first-order chi connectivity index (χ1) is 8.24. The van der Waals surface area contributed by atoms with Crippen molar-refractivity contribution in [3.05, 3.63) is 29.8 Å². The summed E-state index contributed by atoms with van der Waals surface area (Å²) in [6.07, 6.45) is 3.43. The molecule has 1 aliphatic heterocycles. The third-order valence-corrected chi connectivity index (χ3v) is 3.41. The number of hydrogen-bond donors (Lipinski definition) is 2. The Morgan fingerprint density at radius 3 is 2.94 bits per heavy atom. The van der Waals surface area contributed by atoms with Gasteiger partial charge < -0.3 is 15.8 Å². The first-order valence-corrected chi connectivity index (χ1v) is 6.06. The molecule has 92 valence electrons. The summed E-state index contributed by atoms with van der Waals surface area (Å²) < 4.78 is 0. The smallest absolute Gasteiger partial charge is 0.161 e. The molecular formula is C13H19N3O. The van der Waals surface area contributed by atoms with Gasteiger partial charge in [-0.3, -0.25) is 0 Å². The first-order valence-electron chi connectivity index (χ1n) is 6.06. The molecule has 1 aromatic carbocycles. The molecule has 0 radical (unpaired) electrons. The maximum atomic E-state index is 8.79. The van der Waals surface area contributed by atoms with Crippen LogP contribution in [0.1, 0.15) is 25.3 Å². The van der Waals surface area contributed by atoms with Crippen LogP contribution < -0.4 is 10.6 Å². The highest BCUT2D eigenvalue weighted by Gasteiger charge is 2.22. The molecule has 2 rings (SSSR count). The van der Waals surface area contributed by atoms with E-state index in [9.17, 15) is 0 Å². The predicted octanol–water partition coefficient (Wildman–Crippen LogP) is 1.96. The van der Waals surface area contributed by atoms with E-state index in [2.05, 4.69) is 28.3 Å². The molecule has 0 spiro atoms. The number of fused-ring (bicyclic) bond motifs is 1. The van der Waals surface area contributed by atoms with Crippen molar-refractivity contribution in [2.45, 2.75) is 32.2 Å². The van der Waals surface area contributed by atoms with E-state index in [0.29, 0.717) is 0 Å². The number of hydrogen-bond acceptors (Lipinski definition) is 3. The molecule has 1 heterocycles. The second-order valence-corrected chi connectivity index (χ2v) is 4.48. The highest BCUT2D eigenvalue weighted by molar-refractivity contribution is 5.88. The van der Waals surface area contributed by atoms with Crippen LogP contribution in [0.2, 0.25) is 0 Å². The molecule has 0 saturated heterocycles. The van der Waals surface area contributed by atoms with Crippen LogP contribution in [0.5, 0.6) is 0 Å². The summed E-state index contributed by atoms with van der Waals surface area (Å²) in [6.45, 7) is 2.92. The Kier molecular flexibility index (Phi) is 3.52. The van der Waals surface area contributed by atoms with Gasteiger partial charge in [0.15, 0.2) is 5.84 Å². The standard InChI is InChI=1S/C13H19N3O/c1-10(13(14)15-17)16-9-5-4-7-11-6-2-3-8-12(11)16/h2-3,6,8,10,17H,4-5,7,9H2,1H3,(H2,14,15). The van der Waals surface area contributed by atoms with E-state index in [-0.39, 0.29) is 11.9 Å². The van der Waals surface area contributed by atoms with Crippen molar-refractivity contribution in [3.8, 4) is 0 Å². The zero-order valence-electron chi connectivity index (χ0n) is 10.1. The fraction of sp³-hybridized carbons (Fsp3) is 0.462. The zero-order chi connectivity index (χ0) is 12.3. The van der Waals surface area contributed by atoms with Gasteiger partial charge in [0.25, 0.3) is 0 Å². The summed E-state index contributed by atoms with van der Waals surface area (Å²) in [5, 5.41) is 11.9. The number of anilines is 1. The van der Waals surface area contributed by atoms with E-state index in [4.69, 9.17) is 10.9 Å². The van der Waals surface area contributed by atoms with E-state index >= 15 is 0 Å². The normalized spacial score (nSPS) is 18.4. The Bertz CT molecular complexity index is 417. The number of oxime groups is 1. The van der Waals surface area contributed by atoms with Crippen molar-refractivity contribution in [2.75, 3.05) is 11.4 Å². The average molecular weight is 233 g/mol. The average Bonchev–Trinajstić information content (AvgIpc) is 2.59. The van der Waals surface area contributed by atoms with Crippen LogP contribution in [-0.4, -0.2) is 23.6 Å². The van der Waals surface area contributed by atoms with Crippen molar-refractivity contribution < 1.29 is 5.21 Å². The summed E-state index contributed by atoms with van der Waals surface area (Å²) >= 11 is 0. The third-order valence-electron chi connectivity index (χ3n) is 3.41. The summed E-state index contributed by atoms with van der Waals surface area (Å²) in [5.41, 5.74) is 8.28. The van der Waals surface area contributed by atoms with Crippen LogP contribution in [-0.2, 0) is 6.42 Å². The molecule has 0 saturated carbocycles. The van der Waals surface area contributed by atoms with Gasteiger partial charge in [-0.25, -0.2) is 0 Å². The quantitative estimate of drug-likeness (QED) is 0.355. The molecule has 4 heteroatoms. The lowest BCUT2D eigenvalue weighted by molar-refractivity contribution is 0.316. The topological polar surface area (TPSA) is 61.9 Å². The van der Waals surface area contributed by atoms with Crippen molar-refractivity contribution in [2.24, 2.45) is 10.9 Å². The maximum absolute atomic E-state index is 8.79. The van der Waals surface area contributed by atoms with Crippen molar-refractivity contribution >= 4 is 11.5 Å². The molecule has 0 aromatic heterocycles. The van der Waals surface area contributed by atoms with Gasteiger partial charge in [0.05, 0.1) is 6.04 Å². The molecule has 0 fully saturated rings. The monoisotopic (exact) mass is 233 g/mol. The lowest BCUT2D eigenvalue weighted by Crippen LogP contribution is -2.43. The molecule has 1 unspecified atom stereocenters. The van der Waals surface area contributed by atoms with Crippen LogP contribution in [0, 0.1) is 0 Å². The van der Waals surface area contributed by atoms with Crippen LogP contribution in [0.15, 0.2) is 29.4 Å². The predicted molar refractivity (Wildman–Crippen MR) is 69.6 cm³/mol. The van der Waals surface area contributed by atoms with Gasteiger partial charge >= 0.3 is 0 Å². The summed E-state index contributed by atoms with van der Waals surface area (Å²) in [7, 11) is 0. The zero-order valence-corrected chi connectivity index (χ0v) is 10.1. The summed E-state index contributed by atoms with van der Waals surface area (Å²) in [6, 6.07) is 8.31.